The highest BCUT2D eigenvalue weighted by atomic mass is 32.1. The Morgan fingerprint density at radius 1 is 1.18 bits per heavy atom. The molecule has 4 nitrogen and oxygen atoms in total. The third-order valence-corrected chi connectivity index (χ3v) is 5.28. The smallest absolute Gasteiger partial charge is 0.220 e. The van der Waals surface area contributed by atoms with Crippen LogP contribution in [-0.4, -0.2) is 28.9 Å². The van der Waals surface area contributed by atoms with Gasteiger partial charge in [-0.15, -0.1) is 11.3 Å². The summed E-state index contributed by atoms with van der Waals surface area (Å²) in [5.74, 6) is -0.138. The van der Waals surface area contributed by atoms with Gasteiger partial charge >= 0.3 is 0 Å². The summed E-state index contributed by atoms with van der Waals surface area (Å²) in [5.41, 5.74) is -0.763. The van der Waals surface area contributed by atoms with Crippen molar-refractivity contribution in [2.24, 2.45) is 0 Å². The minimum atomic E-state index is -0.763. The van der Waals surface area contributed by atoms with Crippen LogP contribution >= 0.6 is 11.3 Å². The lowest BCUT2D eigenvalue weighted by molar-refractivity contribution is -0.122. The van der Waals surface area contributed by atoms with Crippen LogP contribution in [0.3, 0.4) is 0 Å². The van der Waals surface area contributed by atoms with Crippen molar-refractivity contribution >= 4 is 23.0 Å². The van der Waals surface area contributed by atoms with Crippen LogP contribution in [0.25, 0.3) is 0 Å². The molecule has 0 bridgehead atoms. The second kappa shape index (κ2) is 7.88. The fraction of sp³-hybridized carbons (Fsp3) is 0.647. The Kier molecular flexibility index (Phi) is 6.15. The van der Waals surface area contributed by atoms with Crippen LogP contribution in [0.1, 0.15) is 65.9 Å². The lowest BCUT2D eigenvalue weighted by Gasteiger charge is -2.26. The molecule has 5 heteroatoms. The van der Waals surface area contributed by atoms with E-state index in [2.05, 4.69) is 5.32 Å². The summed E-state index contributed by atoms with van der Waals surface area (Å²) >= 11 is 1.46. The van der Waals surface area contributed by atoms with E-state index in [9.17, 15) is 14.7 Å². The van der Waals surface area contributed by atoms with Gasteiger partial charge in [0.2, 0.25) is 5.91 Å². The fourth-order valence-corrected chi connectivity index (χ4v) is 3.68. The van der Waals surface area contributed by atoms with Crippen molar-refractivity contribution in [2.75, 3.05) is 6.54 Å². The number of hydrogen-bond acceptors (Lipinski definition) is 4. The van der Waals surface area contributed by atoms with Crippen molar-refractivity contribution in [1.82, 2.24) is 5.32 Å². The van der Waals surface area contributed by atoms with Gasteiger partial charge in [0.15, 0.2) is 5.78 Å². The average molecular weight is 323 g/mol. The van der Waals surface area contributed by atoms with Gasteiger partial charge in [0.25, 0.3) is 0 Å². The van der Waals surface area contributed by atoms with Crippen molar-refractivity contribution in [2.45, 2.75) is 63.9 Å². The maximum Gasteiger partial charge on any atom is 0.220 e. The molecular formula is C17H25NO3S. The Morgan fingerprint density at radius 2 is 1.86 bits per heavy atom. The van der Waals surface area contributed by atoms with Gasteiger partial charge in [-0.2, -0.15) is 0 Å². The van der Waals surface area contributed by atoms with Crippen LogP contribution in [0.15, 0.2) is 12.1 Å². The third kappa shape index (κ3) is 5.21. The summed E-state index contributed by atoms with van der Waals surface area (Å²) in [6.07, 6.45) is 6.26. The summed E-state index contributed by atoms with van der Waals surface area (Å²) < 4.78 is 0. The Balaban J connectivity index is 1.72. The second-order valence-corrected chi connectivity index (χ2v) is 7.54. The molecule has 1 aliphatic carbocycles. The van der Waals surface area contributed by atoms with Crippen molar-refractivity contribution < 1.29 is 14.7 Å². The fourth-order valence-electron chi connectivity index (χ4n) is 2.85. The Hall–Kier alpha value is -1.20. The van der Waals surface area contributed by atoms with E-state index in [0.29, 0.717) is 11.4 Å². The zero-order valence-electron chi connectivity index (χ0n) is 13.2. The lowest BCUT2D eigenvalue weighted by Crippen LogP contribution is -2.42. The first kappa shape index (κ1) is 17.2. The highest BCUT2D eigenvalue weighted by molar-refractivity contribution is 7.14. The van der Waals surface area contributed by atoms with E-state index in [4.69, 9.17) is 0 Å². The monoisotopic (exact) mass is 323 g/mol. The summed E-state index contributed by atoms with van der Waals surface area (Å²) in [7, 11) is 0. The predicted molar refractivity (Wildman–Crippen MR) is 88.3 cm³/mol. The van der Waals surface area contributed by atoms with Gasteiger partial charge in [0.05, 0.1) is 10.5 Å². The first-order valence-electron chi connectivity index (χ1n) is 8.07. The van der Waals surface area contributed by atoms with Gasteiger partial charge < -0.3 is 10.4 Å². The Morgan fingerprint density at radius 3 is 2.45 bits per heavy atom. The van der Waals surface area contributed by atoms with Crippen molar-refractivity contribution in [3.05, 3.63) is 21.9 Å². The Bertz CT molecular complexity index is 516. The first-order valence-corrected chi connectivity index (χ1v) is 8.89. The molecule has 0 aliphatic heterocycles. The molecule has 1 aromatic rings. The molecule has 2 N–H and O–H groups in total. The number of Topliss-reactive ketones (excluding diaryl/α,β-unsaturated/α-hetero) is 1. The zero-order valence-corrected chi connectivity index (χ0v) is 14.0. The van der Waals surface area contributed by atoms with E-state index in [0.717, 1.165) is 43.4 Å². The van der Waals surface area contributed by atoms with Crippen LogP contribution in [0.4, 0.5) is 0 Å². The SMILES string of the molecule is Cc1ccc(C(=O)CCC(=O)NCC2(O)CCCCCC2)s1. The molecule has 22 heavy (non-hydrogen) atoms. The molecule has 0 unspecified atom stereocenters. The van der Waals surface area contributed by atoms with Gasteiger partial charge in [0.1, 0.15) is 0 Å². The molecule has 0 aromatic carbocycles. The van der Waals surface area contributed by atoms with Crippen molar-refractivity contribution in [3.8, 4) is 0 Å². The standard InChI is InChI=1S/C17H25NO3S/c1-13-6-8-15(22-13)14(19)7-9-16(20)18-12-17(21)10-4-2-3-5-11-17/h6,8,21H,2-5,7,9-12H2,1H3,(H,18,20). The maximum absolute atomic E-state index is 12.0. The summed E-state index contributed by atoms with van der Waals surface area (Å²) in [5, 5.41) is 13.3. The van der Waals surface area contributed by atoms with Gasteiger partial charge in [0, 0.05) is 24.3 Å². The molecule has 0 saturated heterocycles. The summed E-state index contributed by atoms with van der Waals surface area (Å²) in [6.45, 7) is 2.26. The summed E-state index contributed by atoms with van der Waals surface area (Å²) in [6, 6.07) is 3.73. The number of amides is 1. The summed E-state index contributed by atoms with van der Waals surface area (Å²) in [4.78, 5) is 25.7. The van der Waals surface area contributed by atoms with E-state index in [1.54, 1.807) is 0 Å². The van der Waals surface area contributed by atoms with Gasteiger partial charge in [-0.1, -0.05) is 25.7 Å². The molecular weight excluding hydrogens is 298 g/mol. The first-order chi connectivity index (χ1) is 10.5. The van der Waals surface area contributed by atoms with Crippen molar-refractivity contribution in [1.29, 1.82) is 0 Å². The van der Waals surface area contributed by atoms with Gasteiger partial charge in [-0.05, 0) is 31.9 Å². The number of hydrogen-bond donors (Lipinski definition) is 2. The topological polar surface area (TPSA) is 66.4 Å². The molecule has 1 heterocycles. The molecule has 0 spiro atoms. The van der Waals surface area contributed by atoms with Gasteiger partial charge in [-0.25, -0.2) is 0 Å². The highest BCUT2D eigenvalue weighted by Gasteiger charge is 2.28. The van der Waals surface area contributed by atoms with E-state index in [1.807, 2.05) is 19.1 Å². The second-order valence-electron chi connectivity index (χ2n) is 6.25. The van der Waals surface area contributed by atoms with E-state index in [-0.39, 0.29) is 24.5 Å². The molecule has 1 aromatic heterocycles. The number of thiophene rings is 1. The van der Waals surface area contributed by atoms with Gasteiger partial charge in [-0.3, -0.25) is 9.59 Å². The van der Waals surface area contributed by atoms with E-state index in [1.165, 1.54) is 11.3 Å². The number of aryl methyl sites for hydroxylation is 1. The molecule has 0 atom stereocenters. The van der Waals surface area contributed by atoms with Crippen LogP contribution in [0, 0.1) is 6.92 Å². The molecule has 1 amide bonds. The largest absolute Gasteiger partial charge is 0.388 e. The molecule has 122 valence electrons. The van der Waals surface area contributed by atoms with Crippen LogP contribution in [0.2, 0.25) is 0 Å². The number of rotatable bonds is 6. The number of aliphatic hydroxyl groups is 1. The van der Waals surface area contributed by atoms with Crippen LogP contribution < -0.4 is 5.32 Å². The average Bonchev–Trinajstić information content (AvgIpc) is 2.81. The number of carbonyl (C=O) groups excluding carboxylic acids is 2. The third-order valence-electron chi connectivity index (χ3n) is 4.24. The normalized spacial score (nSPS) is 17.7. The molecule has 0 radical (unpaired) electrons. The highest BCUT2D eigenvalue weighted by Crippen LogP contribution is 2.26. The minimum Gasteiger partial charge on any atom is -0.388 e. The lowest BCUT2D eigenvalue weighted by atomic mass is 9.94. The molecule has 2 rings (SSSR count). The van der Waals surface area contributed by atoms with Crippen molar-refractivity contribution in [3.63, 3.8) is 0 Å². The molecule has 1 aliphatic rings. The Labute approximate surface area is 135 Å². The number of nitrogens with one attached hydrogen (secondary N) is 1. The molecule has 1 saturated carbocycles. The minimum absolute atomic E-state index is 0.0152. The number of ketones is 1. The zero-order chi connectivity index (χ0) is 16.0. The maximum atomic E-state index is 12.0. The van der Waals surface area contributed by atoms with E-state index < -0.39 is 5.60 Å². The van der Waals surface area contributed by atoms with Crippen LogP contribution in [-0.2, 0) is 4.79 Å². The quantitative estimate of drug-likeness (QED) is 0.624. The molecule has 1 fully saturated rings. The van der Waals surface area contributed by atoms with E-state index >= 15 is 0 Å². The predicted octanol–water partition coefficient (Wildman–Crippen LogP) is 3.22. The van der Waals surface area contributed by atoms with Crippen LogP contribution in [0.5, 0.6) is 0 Å². The number of carbonyl (C=O) groups is 2.